The van der Waals surface area contributed by atoms with Gasteiger partial charge in [0.05, 0.1) is 5.69 Å². The van der Waals surface area contributed by atoms with E-state index in [1.54, 1.807) is 17.4 Å². The van der Waals surface area contributed by atoms with Gasteiger partial charge in [0.15, 0.2) is 10.3 Å². The van der Waals surface area contributed by atoms with Gasteiger partial charge in [0.1, 0.15) is 0 Å². The minimum absolute atomic E-state index is 0.328. The Morgan fingerprint density at radius 3 is 2.81 bits per heavy atom. The van der Waals surface area contributed by atoms with Crippen LogP contribution in [0.2, 0.25) is 10.3 Å². The molecule has 6 heteroatoms. The maximum atomic E-state index is 5.88. The fourth-order valence-electron chi connectivity index (χ4n) is 1.24. The van der Waals surface area contributed by atoms with Crippen molar-refractivity contribution in [2.45, 2.75) is 13.5 Å². The molecule has 84 valence electrons. The summed E-state index contributed by atoms with van der Waals surface area (Å²) in [4.78, 5) is 2.52. The fourth-order valence-corrected chi connectivity index (χ4v) is 2.38. The van der Waals surface area contributed by atoms with E-state index in [2.05, 4.69) is 34.6 Å². The van der Waals surface area contributed by atoms with Crippen LogP contribution in [-0.4, -0.2) is 10.2 Å². The third-order valence-electron chi connectivity index (χ3n) is 1.97. The molecule has 0 radical (unpaired) electrons. The summed E-state index contributed by atoms with van der Waals surface area (Å²) in [5.41, 5.74) is 0.702. The largest absolute Gasteiger partial charge is 0.378 e. The van der Waals surface area contributed by atoms with Crippen molar-refractivity contribution >= 4 is 40.2 Å². The van der Waals surface area contributed by atoms with E-state index in [0.29, 0.717) is 22.5 Å². The van der Waals surface area contributed by atoms with E-state index in [-0.39, 0.29) is 0 Å². The third kappa shape index (κ3) is 2.84. The van der Waals surface area contributed by atoms with Crippen LogP contribution in [-0.2, 0) is 6.54 Å². The maximum Gasteiger partial charge on any atom is 0.174 e. The Morgan fingerprint density at radius 1 is 1.31 bits per heavy atom. The average Bonchev–Trinajstić information content (AvgIpc) is 2.66. The lowest BCUT2D eigenvalue weighted by molar-refractivity contribution is 1.02. The molecule has 0 aliphatic heterocycles. The van der Waals surface area contributed by atoms with Crippen molar-refractivity contribution in [1.29, 1.82) is 0 Å². The quantitative estimate of drug-likeness (QED) is 0.925. The van der Waals surface area contributed by atoms with Crippen LogP contribution in [0.25, 0.3) is 0 Å². The van der Waals surface area contributed by atoms with Gasteiger partial charge in [0.2, 0.25) is 0 Å². The first-order valence-electron chi connectivity index (χ1n) is 4.63. The van der Waals surface area contributed by atoms with E-state index in [4.69, 9.17) is 23.2 Å². The SMILES string of the molecule is Cc1ccc(CNc2cc(Cl)nnc2Cl)s1. The second-order valence-corrected chi connectivity index (χ2v) is 5.36. The first kappa shape index (κ1) is 11.6. The zero-order chi connectivity index (χ0) is 11.5. The molecule has 0 aliphatic carbocycles. The van der Waals surface area contributed by atoms with Crippen LogP contribution in [0.15, 0.2) is 18.2 Å². The van der Waals surface area contributed by atoms with E-state index in [9.17, 15) is 0 Å². The lowest BCUT2D eigenvalue weighted by Gasteiger charge is -2.05. The predicted molar refractivity (Wildman–Crippen MR) is 68.4 cm³/mol. The molecular formula is C10H9Cl2N3S. The van der Waals surface area contributed by atoms with Gasteiger partial charge in [-0.15, -0.1) is 21.5 Å². The first-order valence-corrected chi connectivity index (χ1v) is 6.20. The van der Waals surface area contributed by atoms with E-state index < -0.39 is 0 Å². The average molecular weight is 274 g/mol. The molecule has 0 atom stereocenters. The molecule has 2 aromatic rings. The number of thiophene rings is 1. The molecule has 2 rings (SSSR count). The summed E-state index contributed by atoms with van der Waals surface area (Å²) in [5.74, 6) is 0. The highest BCUT2D eigenvalue weighted by Crippen LogP contribution is 2.23. The molecule has 3 nitrogen and oxygen atoms in total. The molecule has 1 N–H and O–H groups in total. The van der Waals surface area contributed by atoms with Crippen molar-refractivity contribution < 1.29 is 0 Å². The Morgan fingerprint density at radius 2 is 2.12 bits per heavy atom. The minimum atomic E-state index is 0.328. The van der Waals surface area contributed by atoms with E-state index in [0.717, 1.165) is 0 Å². The van der Waals surface area contributed by atoms with Crippen LogP contribution in [0.5, 0.6) is 0 Å². The smallest absolute Gasteiger partial charge is 0.174 e. The Kier molecular flexibility index (Phi) is 3.63. The zero-order valence-electron chi connectivity index (χ0n) is 8.50. The van der Waals surface area contributed by atoms with Crippen molar-refractivity contribution in [1.82, 2.24) is 10.2 Å². The third-order valence-corrected chi connectivity index (χ3v) is 3.43. The Labute approximate surface area is 107 Å². The summed E-state index contributed by atoms with van der Waals surface area (Å²) in [6, 6.07) is 5.83. The standard InChI is InChI=1S/C10H9Cl2N3S/c1-6-2-3-7(16-6)5-13-8-4-9(11)14-15-10(8)12/h2-4H,5H2,1H3,(H,13,14). The lowest BCUT2D eigenvalue weighted by atomic mass is 10.4. The molecule has 0 amide bonds. The summed E-state index contributed by atoms with van der Waals surface area (Å²) in [5, 5.41) is 11.2. The molecule has 0 aromatic carbocycles. The monoisotopic (exact) mass is 273 g/mol. The molecule has 0 saturated heterocycles. The molecule has 0 bridgehead atoms. The number of hydrogen-bond donors (Lipinski definition) is 1. The van der Waals surface area contributed by atoms with Gasteiger partial charge in [-0.1, -0.05) is 23.2 Å². The molecule has 0 fully saturated rings. The van der Waals surface area contributed by atoms with E-state index >= 15 is 0 Å². The van der Waals surface area contributed by atoms with Gasteiger partial charge >= 0.3 is 0 Å². The van der Waals surface area contributed by atoms with Crippen molar-refractivity contribution in [3.8, 4) is 0 Å². The Bertz CT molecular complexity index is 499. The topological polar surface area (TPSA) is 37.8 Å². The molecule has 0 unspecified atom stereocenters. The van der Waals surface area contributed by atoms with Crippen LogP contribution < -0.4 is 5.32 Å². The molecular weight excluding hydrogens is 265 g/mol. The summed E-state index contributed by atoms with van der Waals surface area (Å²) in [6.45, 7) is 2.78. The van der Waals surface area contributed by atoms with Gasteiger partial charge in [-0.25, -0.2) is 0 Å². The van der Waals surface area contributed by atoms with Crippen LogP contribution >= 0.6 is 34.5 Å². The number of nitrogens with one attached hydrogen (secondary N) is 1. The summed E-state index contributed by atoms with van der Waals surface area (Å²) < 4.78 is 0. The van der Waals surface area contributed by atoms with Gasteiger partial charge in [-0.3, -0.25) is 0 Å². The van der Waals surface area contributed by atoms with Crippen LogP contribution in [0.1, 0.15) is 9.75 Å². The molecule has 0 saturated carbocycles. The molecule has 2 heterocycles. The highest BCUT2D eigenvalue weighted by molar-refractivity contribution is 7.11. The summed E-state index contributed by atoms with van der Waals surface area (Å²) >= 11 is 13.4. The van der Waals surface area contributed by atoms with Gasteiger partial charge in [0.25, 0.3) is 0 Å². The Hall–Kier alpha value is -0.840. The molecule has 0 aliphatic rings. The first-order chi connectivity index (χ1) is 7.65. The fraction of sp³-hybridized carbons (Fsp3) is 0.200. The van der Waals surface area contributed by atoms with Gasteiger partial charge in [0, 0.05) is 22.4 Å². The minimum Gasteiger partial charge on any atom is -0.378 e. The van der Waals surface area contributed by atoms with Crippen molar-refractivity contribution in [3.63, 3.8) is 0 Å². The maximum absolute atomic E-state index is 5.88. The Balaban J connectivity index is 2.07. The number of aryl methyl sites for hydroxylation is 1. The van der Waals surface area contributed by atoms with Gasteiger partial charge in [-0.05, 0) is 19.1 Å². The highest BCUT2D eigenvalue weighted by Gasteiger charge is 2.04. The lowest BCUT2D eigenvalue weighted by Crippen LogP contribution is -2.00. The van der Waals surface area contributed by atoms with Crippen molar-refractivity contribution in [3.05, 3.63) is 38.3 Å². The highest BCUT2D eigenvalue weighted by atomic mass is 35.5. The van der Waals surface area contributed by atoms with Crippen LogP contribution in [0.3, 0.4) is 0 Å². The number of rotatable bonds is 3. The van der Waals surface area contributed by atoms with Crippen LogP contribution in [0, 0.1) is 6.92 Å². The zero-order valence-corrected chi connectivity index (χ0v) is 10.8. The number of aromatic nitrogens is 2. The molecule has 2 aromatic heterocycles. The van der Waals surface area contributed by atoms with Gasteiger partial charge < -0.3 is 5.32 Å². The molecule has 0 spiro atoms. The number of hydrogen-bond acceptors (Lipinski definition) is 4. The van der Waals surface area contributed by atoms with E-state index in [1.165, 1.54) is 9.75 Å². The second kappa shape index (κ2) is 4.99. The van der Waals surface area contributed by atoms with E-state index in [1.807, 2.05) is 0 Å². The molecule has 16 heavy (non-hydrogen) atoms. The number of halogens is 2. The van der Waals surface area contributed by atoms with Crippen molar-refractivity contribution in [2.24, 2.45) is 0 Å². The summed E-state index contributed by atoms with van der Waals surface area (Å²) in [6.07, 6.45) is 0. The van der Waals surface area contributed by atoms with Crippen molar-refractivity contribution in [2.75, 3.05) is 5.32 Å². The number of anilines is 1. The normalized spacial score (nSPS) is 10.4. The predicted octanol–water partition coefficient (Wildman–Crippen LogP) is 3.77. The van der Waals surface area contributed by atoms with Crippen LogP contribution in [0.4, 0.5) is 5.69 Å². The number of nitrogens with zero attached hydrogens (tertiary/aromatic N) is 2. The van der Waals surface area contributed by atoms with Gasteiger partial charge in [-0.2, -0.15) is 0 Å². The summed E-state index contributed by atoms with van der Waals surface area (Å²) in [7, 11) is 0. The second-order valence-electron chi connectivity index (χ2n) is 3.24.